The number of hydrogen-bond acceptors (Lipinski definition) is 3. The molecule has 158 valence electrons. The minimum Gasteiger partial charge on any atom is -0.388 e. The molecule has 3 aliphatic rings. The lowest BCUT2D eigenvalue weighted by Crippen LogP contribution is -2.63. The molecule has 1 aliphatic heterocycles. The Balaban J connectivity index is 1.26. The third-order valence-corrected chi connectivity index (χ3v) is 7.62. The van der Waals surface area contributed by atoms with Crippen LogP contribution in [0.15, 0.2) is 54.6 Å². The highest BCUT2D eigenvalue weighted by molar-refractivity contribution is 5.94. The van der Waals surface area contributed by atoms with Gasteiger partial charge >= 0.3 is 0 Å². The van der Waals surface area contributed by atoms with Crippen LogP contribution in [0, 0.1) is 0 Å². The molecule has 5 rings (SSSR count). The van der Waals surface area contributed by atoms with Crippen molar-refractivity contribution in [3.05, 3.63) is 71.3 Å². The summed E-state index contributed by atoms with van der Waals surface area (Å²) in [7, 11) is 0. The number of hydrogen-bond donors (Lipinski definition) is 2. The maximum Gasteiger partial charge on any atom is 0.251 e. The summed E-state index contributed by atoms with van der Waals surface area (Å²) in [5, 5.41) is 14.8. The molecule has 3 unspecified atom stereocenters. The molecule has 2 aromatic rings. The lowest BCUT2D eigenvalue weighted by molar-refractivity contribution is -0.0479. The SMILES string of the molecule is O=C(NC12CCCC(C1)N(CC1(O)CCc3ccccc3C1)CC2)c1ccccc1. The molecular weight excluding hydrogens is 372 g/mol. The Morgan fingerprint density at radius 2 is 1.80 bits per heavy atom. The van der Waals surface area contributed by atoms with Gasteiger partial charge in [0.25, 0.3) is 5.91 Å². The second kappa shape index (κ2) is 7.82. The largest absolute Gasteiger partial charge is 0.388 e. The first-order chi connectivity index (χ1) is 14.5. The second-order valence-corrected chi connectivity index (χ2v) is 9.74. The predicted molar refractivity (Wildman–Crippen MR) is 119 cm³/mol. The Bertz CT molecular complexity index is 914. The van der Waals surface area contributed by atoms with Gasteiger partial charge in [0.15, 0.2) is 0 Å². The van der Waals surface area contributed by atoms with Gasteiger partial charge < -0.3 is 10.4 Å². The molecular formula is C26H32N2O2. The number of benzene rings is 2. The number of nitrogens with one attached hydrogen (secondary N) is 1. The monoisotopic (exact) mass is 404 g/mol. The van der Waals surface area contributed by atoms with Crippen LogP contribution in [-0.2, 0) is 12.8 Å². The summed E-state index contributed by atoms with van der Waals surface area (Å²) < 4.78 is 0. The number of carbonyl (C=O) groups excluding carboxylic acids is 1. The minimum atomic E-state index is -0.640. The number of nitrogens with zero attached hydrogens (tertiary/aromatic N) is 1. The van der Waals surface area contributed by atoms with Gasteiger partial charge in [-0.15, -0.1) is 0 Å². The molecule has 3 atom stereocenters. The number of aliphatic hydroxyl groups is 1. The summed E-state index contributed by atoms with van der Waals surface area (Å²) in [6, 6.07) is 18.5. The van der Waals surface area contributed by atoms with Crippen LogP contribution in [-0.4, -0.2) is 46.2 Å². The Hall–Kier alpha value is -2.17. The van der Waals surface area contributed by atoms with Gasteiger partial charge in [0.05, 0.1) is 5.60 Å². The molecule has 1 saturated carbocycles. The summed E-state index contributed by atoms with van der Waals surface area (Å²) >= 11 is 0. The molecule has 2 N–H and O–H groups in total. The van der Waals surface area contributed by atoms with Crippen molar-refractivity contribution in [3.63, 3.8) is 0 Å². The van der Waals surface area contributed by atoms with Crippen molar-refractivity contribution in [2.24, 2.45) is 0 Å². The third kappa shape index (κ3) is 3.91. The van der Waals surface area contributed by atoms with Gasteiger partial charge in [-0.05, 0) is 68.2 Å². The van der Waals surface area contributed by atoms with E-state index in [1.165, 1.54) is 11.1 Å². The van der Waals surface area contributed by atoms with Crippen molar-refractivity contribution in [1.29, 1.82) is 0 Å². The molecule has 0 spiro atoms. The molecule has 30 heavy (non-hydrogen) atoms. The normalized spacial score (nSPS) is 31.0. The Morgan fingerprint density at radius 1 is 1.03 bits per heavy atom. The first kappa shape index (κ1) is 19.8. The predicted octanol–water partition coefficient (Wildman–Crippen LogP) is 3.72. The summed E-state index contributed by atoms with van der Waals surface area (Å²) in [5.74, 6) is 0.0483. The van der Waals surface area contributed by atoms with Crippen molar-refractivity contribution >= 4 is 5.91 Å². The van der Waals surface area contributed by atoms with Gasteiger partial charge in [0.2, 0.25) is 0 Å². The van der Waals surface area contributed by atoms with E-state index >= 15 is 0 Å². The number of rotatable bonds is 4. The zero-order valence-electron chi connectivity index (χ0n) is 17.6. The highest BCUT2D eigenvalue weighted by atomic mass is 16.3. The standard InChI is InChI=1S/C26H32N2O2/c29-24(21-8-2-1-3-9-21)27-25-13-6-11-23(18-25)28(16-15-25)19-26(30)14-12-20-7-4-5-10-22(20)17-26/h1-5,7-10,23,30H,6,11-19H2,(H,27,29). The van der Waals surface area contributed by atoms with Gasteiger partial charge in [-0.3, -0.25) is 9.69 Å². The fraction of sp³-hybridized carbons (Fsp3) is 0.500. The molecule has 0 aromatic heterocycles. The van der Waals surface area contributed by atoms with Crippen LogP contribution < -0.4 is 5.32 Å². The fourth-order valence-electron chi connectivity index (χ4n) is 5.99. The van der Waals surface area contributed by atoms with Gasteiger partial charge in [-0.1, -0.05) is 42.5 Å². The van der Waals surface area contributed by atoms with E-state index in [-0.39, 0.29) is 11.4 Å². The zero-order chi connectivity index (χ0) is 20.6. The van der Waals surface area contributed by atoms with E-state index in [2.05, 4.69) is 34.5 Å². The molecule has 2 bridgehead atoms. The second-order valence-electron chi connectivity index (χ2n) is 9.74. The molecule has 2 aromatic carbocycles. The Kier molecular flexibility index (Phi) is 5.16. The molecule has 0 radical (unpaired) electrons. The van der Waals surface area contributed by atoms with E-state index in [1.54, 1.807) is 0 Å². The molecule has 1 saturated heterocycles. The van der Waals surface area contributed by atoms with Gasteiger partial charge in [0.1, 0.15) is 0 Å². The number of fused-ring (bicyclic) bond motifs is 3. The highest BCUT2D eigenvalue weighted by Crippen LogP contribution is 2.40. The van der Waals surface area contributed by atoms with Crippen LogP contribution in [0.25, 0.3) is 0 Å². The molecule has 2 fully saturated rings. The number of piperidine rings is 1. The van der Waals surface area contributed by atoms with Crippen LogP contribution in [0.3, 0.4) is 0 Å². The quantitative estimate of drug-likeness (QED) is 0.817. The van der Waals surface area contributed by atoms with E-state index in [4.69, 9.17) is 0 Å². The van der Waals surface area contributed by atoms with Crippen molar-refractivity contribution in [1.82, 2.24) is 10.2 Å². The van der Waals surface area contributed by atoms with E-state index < -0.39 is 5.60 Å². The van der Waals surface area contributed by atoms with Crippen LogP contribution in [0.1, 0.15) is 60.0 Å². The summed E-state index contributed by atoms with van der Waals surface area (Å²) in [5.41, 5.74) is 2.71. The van der Waals surface area contributed by atoms with Crippen molar-refractivity contribution in [3.8, 4) is 0 Å². The first-order valence-corrected chi connectivity index (χ1v) is 11.5. The first-order valence-electron chi connectivity index (χ1n) is 11.5. The Morgan fingerprint density at radius 3 is 2.63 bits per heavy atom. The molecule has 1 heterocycles. The smallest absolute Gasteiger partial charge is 0.251 e. The van der Waals surface area contributed by atoms with Crippen LogP contribution in [0.4, 0.5) is 0 Å². The third-order valence-electron chi connectivity index (χ3n) is 7.62. The van der Waals surface area contributed by atoms with Crippen LogP contribution >= 0.6 is 0 Å². The summed E-state index contributed by atoms with van der Waals surface area (Å²) in [6.07, 6.45) is 7.88. The highest BCUT2D eigenvalue weighted by Gasteiger charge is 2.45. The number of likely N-dealkylation sites (tertiary alicyclic amines) is 1. The number of aryl methyl sites for hydroxylation is 1. The zero-order valence-corrected chi connectivity index (χ0v) is 17.6. The van der Waals surface area contributed by atoms with E-state index in [0.29, 0.717) is 6.04 Å². The van der Waals surface area contributed by atoms with Crippen LogP contribution in [0.2, 0.25) is 0 Å². The van der Waals surface area contributed by atoms with Gasteiger partial charge in [0, 0.05) is 36.7 Å². The lowest BCUT2D eigenvalue weighted by atomic mass is 9.72. The summed E-state index contributed by atoms with van der Waals surface area (Å²) in [4.78, 5) is 15.3. The number of β-amino-alcohol motifs (C(OH)–C–C–N with tert-alkyl or cyclic N) is 1. The summed E-state index contributed by atoms with van der Waals surface area (Å²) in [6.45, 7) is 1.69. The van der Waals surface area contributed by atoms with E-state index in [0.717, 1.165) is 70.0 Å². The average Bonchev–Trinajstić information content (AvgIpc) is 2.76. The molecule has 4 nitrogen and oxygen atoms in total. The number of carbonyl (C=O) groups is 1. The molecule has 4 heteroatoms. The van der Waals surface area contributed by atoms with E-state index in [9.17, 15) is 9.90 Å². The van der Waals surface area contributed by atoms with Crippen molar-refractivity contribution in [2.75, 3.05) is 13.1 Å². The Labute approximate surface area is 179 Å². The van der Waals surface area contributed by atoms with Crippen molar-refractivity contribution < 1.29 is 9.90 Å². The van der Waals surface area contributed by atoms with E-state index in [1.807, 2.05) is 30.3 Å². The topological polar surface area (TPSA) is 52.6 Å². The maximum absolute atomic E-state index is 12.8. The lowest BCUT2D eigenvalue weighted by Gasteiger charge is -2.52. The number of amides is 1. The minimum absolute atomic E-state index is 0.0483. The molecule has 1 amide bonds. The van der Waals surface area contributed by atoms with Crippen LogP contribution in [0.5, 0.6) is 0 Å². The fourth-order valence-corrected chi connectivity index (χ4v) is 5.99. The van der Waals surface area contributed by atoms with Gasteiger partial charge in [-0.25, -0.2) is 0 Å². The molecule has 2 aliphatic carbocycles. The van der Waals surface area contributed by atoms with Crippen molar-refractivity contribution in [2.45, 2.75) is 68.5 Å². The van der Waals surface area contributed by atoms with Gasteiger partial charge in [-0.2, -0.15) is 0 Å². The average molecular weight is 405 g/mol. The maximum atomic E-state index is 12.8.